The monoisotopic (exact) mass is 310 g/mol. The van der Waals surface area contributed by atoms with E-state index in [4.69, 9.17) is 32.5 Å². The zero-order valence-corrected chi connectivity index (χ0v) is 12.6. The van der Waals surface area contributed by atoms with Crippen LogP contribution >= 0.6 is 11.6 Å². The first-order valence-corrected chi connectivity index (χ1v) is 7.14. The molecule has 1 saturated carbocycles. The van der Waals surface area contributed by atoms with Gasteiger partial charge in [-0.15, -0.1) is 5.10 Å². The number of nitrogens with zero attached hydrogens (tertiary/aromatic N) is 2. The molecule has 2 rings (SSSR count). The van der Waals surface area contributed by atoms with Gasteiger partial charge in [-0.1, -0.05) is 11.6 Å². The van der Waals surface area contributed by atoms with Crippen molar-refractivity contribution in [2.75, 3.05) is 7.11 Å². The first-order valence-electron chi connectivity index (χ1n) is 6.76. The van der Waals surface area contributed by atoms with Gasteiger partial charge in [0.2, 0.25) is 5.96 Å². The molecule has 0 spiro atoms. The molecule has 0 atom stereocenters. The van der Waals surface area contributed by atoms with Crippen molar-refractivity contribution in [1.29, 1.82) is 0 Å². The van der Waals surface area contributed by atoms with Gasteiger partial charge < -0.3 is 20.9 Å². The van der Waals surface area contributed by atoms with Crippen LogP contribution in [-0.2, 0) is 0 Å². The molecule has 0 aromatic heterocycles. The van der Waals surface area contributed by atoms with Crippen LogP contribution in [0.1, 0.15) is 31.2 Å². The predicted octanol–water partition coefficient (Wildman–Crippen LogP) is 2.28. The number of halogens is 1. The van der Waals surface area contributed by atoms with Crippen LogP contribution in [-0.4, -0.2) is 25.4 Å². The Kier molecular flexibility index (Phi) is 5.27. The highest BCUT2D eigenvalue weighted by Crippen LogP contribution is 2.35. The molecule has 1 aliphatic rings. The predicted molar refractivity (Wildman–Crippen MR) is 84.3 cm³/mol. The lowest BCUT2D eigenvalue weighted by Crippen LogP contribution is -2.21. The maximum absolute atomic E-state index is 6.22. The number of ether oxygens (including phenoxy) is 2. The second-order valence-electron chi connectivity index (χ2n) is 4.82. The van der Waals surface area contributed by atoms with Crippen molar-refractivity contribution in [2.45, 2.75) is 31.8 Å². The van der Waals surface area contributed by atoms with Gasteiger partial charge in [-0.2, -0.15) is 5.10 Å². The number of guanidine groups is 1. The third kappa shape index (κ3) is 4.26. The van der Waals surface area contributed by atoms with E-state index in [1.807, 2.05) is 0 Å². The van der Waals surface area contributed by atoms with Crippen LogP contribution in [0.2, 0.25) is 5.02 Å². The standard InChI is InChI=1S/C14H19ClN4O2/c1-20-12-6-9(8-18-19-14(16)17)11(15)7-13(12)21-10-4-2-3-5-10/h6-8,10H,2-5H2,1H3,(H4,16,17,19). The van der Waals surface area contributed by atoms with E-state index in [0.717, 1.165) is 12.8 Å². The minimum absolute atomic E-state index is 0.115. The molecule has 1 fully saturated rings. The van der Waals surface area contributed by atoms with Crippen LogP contribution in [0.5, 0.6) is 11.5 Å². The molecular formula is C14H19ClN4O2. The van der Waals surface area contributed by atoms with Crippen molar-refractivity contribution in [3.63, 3.8) is 0 Å². The van der Waals surface area contributed by atoms with Gasteiger partial charge in [0.25, 0.3) is 0 Å². The molecule has 1 aliphatic carbocycles. The molecule has 0 unspecified atom stereocenters. The van der Waals surface area contributed by atoms with Gasteiger partial charge in [0, 0.05) is 11.6 Å². The summed E-state index contributed by atoms with van der Waals surface area (Å²) in [6.07, 6.45) is 6.22. The highest BCUT2D eigenvalue weighted by atomic mass is 35.5. The molecule has 0 amide bonds. The Labute approximate surface area is 128 Å². The second kappa shape index (κ2) is 7.17. The molecule has 0 heterocycles. The van der Waals surface area contributed by atoms with E-state index in [-0.39, 0.29) is 12.1 Å². The summed E-state index contributed by atoms with van der Waals surface area (Å²) in [5.74, 6) is 1.14. The minimum atomic E-state index is -0.115. The summed E-state index contributed by atoms with van der Waals surface area (Å²) in [5.41, 5.74) is 11.1. The van der Waals surface area contributed by atoms with Crippen molar-refractivity contribution in [2.24, 2.45) is 21.7 Å². The summed E-state index contributed by atoms with van der Waals surface area (Å²) in [7, 11) is 1.59. The fourth-order valence-corrected chi connectivity index (χ4v) is 2.45. The molecule has 0 saturated heterocycles. The molecule has 21 heavy (non-hydrogen) atoms. The topological polar surface area (TPSA) is 95.2 Å². The van der Waals surface area contributed by atoms with E-state index < -0.39 is 0 Å². The van der Waals surface area contributed by atoms with E-state index >= 15 is 0 Å². The number of hydrogen-bond donors (Lipinski definition) is 2. The van der Waals surface area contributed by atoms with Crippen LogP contribution in [0.15, 0.2) is 22.3 Å². The van der Waals surface area contributed by atoms with Crippen LogP contribution in [0.3, 0.4) is 0 Å². The molecule has 1 aromatic carbocycles. The molecule has 114 valence electrons. The van der Waals surface area contributed by atoms with E-state index in [1.165, 1.54) is 19.1 Å². The molecule has 0 radical (unpaired) electrons. The fourth-order valence-electron chi connectivity index (χ4n) is 2.24. The highest BCUT2D eigenvalue weighted by Gasteiger charge is 2.19. The van der Waals surface area contributed by atoms with E-state index in [2.05, 4.69) is 10.2 Å². The average Bonchev–Trinajstić information content (AvgIpc) is 2.93. The summed E-state index contributed by atoms with van der Waals surface area (Å²) in [5, 5.41) is 7.77. The normalized spacial score (nSPS) is 15.3. The van der Waals surface area contributed by atoms with Gasteiger partial charge in [0.1, 0.15) is 0 Å². The summed E-state index contributed by atoms with van der Waals surface area (Å²) in [6.45, 7) is 0. The Morgan fingerprint density at radius 3 is 2.62 bits per heavy atom. The van der Waals surface area contributed by atoms with Gasteiger partial charge in [0.05, 0.1) is 24.5 Å². The summed E-state index contributed by atoms with van der Waals surface area (Å²) in [6, 6.07) is 3.48. The smallest absolute Gasteiger partial charge is 0.211 e. The van der Waals surface area contributed by atoms with Gasteiger partial charge >= 0.3 is 0 Å². The lowest BCUT2D eigenvalue weighted by molar-refractivity contribution is 0.201. The first kappa shape index (κ1) is 15.4. The van der Waals surface area contributed by atoms with Crippen molar-refractivity contribution >= 4 is 23.8 Å². The Morgan fingerprint density at radius 1 is 1.29 bits per heavy atom. The van der Waals surface area contributed by atoms with Crippen LogP contribution in [0, 0.1) is 0 Å². The van der Waals surface area contributed by atoms with Crippen molar-refractivity contribution < 1.29 is 9.47 Å². The summed E-state index contributed by atoms with van der Waals surface area (Å²) >= 11 is 6.22. The number of benzene rings is 1. The van der Waals surface area contributed by atoms with E-state index in [9.17, 15) is 0 Å². The molecular weight excluding hydrogens is 292 g/mol. The maximum Gasteiger partial charge on any atom is 0.211 e. The molecule has 1 aromatic rings. The molecule has 0 aliphatic heterocycles. The maximum atomic E-state index is 6.22. The number of nitrogens with two attached hydrogens (primary N) is 2. The van der Waals surface area contributed by atoms with Crippen LogP contribution in [0.25, 0.3) is 0 Å². The summed E-state index contributed by atoms with van der Waals surface area (Å²) < 4.78 is 11.3. The molecule has 4 N–H and O–H groups in total. The third-order valence-electron chi connectivity index (χ3n) is 3.25. The first-order chi connectivity index (χ1) is 10.1. The number of methoxy groups -OCH3 is 1. The minimum Gasteiger partial charge on any atom is -0.493 e. The van der Waals surface area contributed by atoms with Gasteiger partial charge in [0.15, 0.2) is 11.5 Å². The largest absolute Gasteiger partial charge is 0.493 e. The quantitative estimate of drug-likeness (QED) is 0.495. The molecule has 0 bridgehead atoms. The Hall–Kier alpha value is -1.95. The summed E-state index contributed by atoms with van der Waals surface area (Å²) in [4.78, 5) is 0. The highest BCUT2D eigenvalue weighted by molar-refractivity contribution is 6.33. The average molecular weight is 311 g/mol. The fraction of sp³-hybridized carbons (Fsp3) is 0.429. The Balaban J connectivity index is 2.21. The van der Waals surface area contributed by atoms with Crippen molar-refractivity contribution in [3.05, 3.63) is 22.7 Å². The van der Waals surface area contributed by atoms with Gasteiger partial charge in [-0.25, -0.2) is 0 Å². The second-order valence-corrected chi connectivity index (χ2v) is 5.23. The zero-order valence-electron chi connectivity index (χ0n) is 11.9. The van der Waals surface area contributed by atoms with E-state index in [1.54, 1.807) is 19.2 Å². The lowest BCUT2D eigenvalue weighted by atomic mass is 10.2. The number of hydrogen-bond acceptors (Lipinski definition) is 4. The molecule has 7 heteroatoms. The van der Waals surface area contributed by atoms with E-state index in [0.29, 0.717) is 22.1 Å². The number of rotatable bonds is 5. The van der Waals surface area contributed by atoms with Crippen LogP contribution < -0.4 is 20.9 Å². The van der Waals surface area contributed by atoms with Crippen molar-refractivity contribution in [3.8, 4) is 11.5 Å². The van der Waals surface area contributed by atoms with Crippen LogP contribution in [0.4, 0.5) is 0 Å². The van der Waals surface area contributed by atoms with Gasteiger partial charge in [-0.05, 0) is 31.7 Å². The molecule has 6 nitrogen and oxygen atoms in total. The lowest BCUT2D eigenvalue weighted by Gasteiger charge is -2.16. The zero-order chi connectivity index (χ0) is 15.2. The Bertz CT molecular complexity index is 550. The third-order valence-corrected chi connectivity index (χ3v) is 3.58. The SMILES string of the molecule is COc1cc(C=NN=C(N)N)c(Cl)cc1OC1CCCC1. The van der Waals surface area contributed by atoms with Crippen molar-refractivity contribution in [1.82, 2.24) is 0 Å². The van der Waals surface area contributed by atoms with Gasteiger partial charge in [-0.3, -0.25) is 0 Å². The Morgan fingerprint density at radius 2 is 2.00 bits per heavy atom.